The number of thiophene rings is 1. The minimum absolute atomic E-state index is 0.0537. The van der Waals surface area contributed by atoms with Crippen LogP contribution in [0.2, 0.25) is 0 Å². The van der Waals surface area contributed by atoms with E-state index in [4.69, 9.17) is 4.98 Å². The lowest BCUT2D eigenvalue weighted by atomic mass is 9.95. The molecule has 0 radical (unpaired) electrons. The first kappa shape index (κ1) is 19.0. The smallest absolute Gasteiger partial charge is 0.263 e. The molecule has 0 atom stereocenters. The van der Waals surface area contributed by atoms with E-state index in [1.807, 2.05) is 0 Å². The van der Waals surface area contributed by atoms with Crippen molar-refractivity contribution >= 4 is 39.2 Å². The van der Waals surface area contributed by atoms with E-state index in [1.165, 1.54) is 41.5 Å². The predicted octanol–water partition coefficient (Wildman–Crippen LogP) is 3.90. The Hall–Kier alpha value is -1.34. The van der Waals surface area contributed by atoms with Crippen LogP contribution in [0.5, 0.6) is 0 Å². The second kappa shape index (κ2) is 8.35. The highest BCUT2D eigenvalue weighted by molar-refractivity contribution is 7.99. The molecule has 0 bridgehead atoms. The van der Waals surface area contributed by atoms with Gasteiger partial charge in [-0.1, -0.05) is 37.9 Å². The fourth-order valence-corrected chi connectivity index (χ4v) is 6.37. The third kappa shape index (κ3) is 3.94. The topological polar surface area (TPSA) is 64.0 Å². The van der Waals surface area contributed by atoms with Crippen LogP contribution in [0, 0.1) is 0 Å². The van der Waals surface area contributed by atoms with Crippen molar-refractivity contribution in [3.63, 3.8) is 0 Å². The lowest BCUT2D eigenvalue weighted by molar-refractivity contribution is -0.119. The molecule has 1 N–H and O–H groups in total. The molecule has 2 aromatic rings. The van der Waals surface area contributed by atoms with E-state index in [2.05, 4.69) is 12.2 Å². The average molecular weight is 406 g/mol. The number of hydrogen-bond donors (Lipinski definition) is 1. The summed E-state index contributed by atoms with van der Waals surface area (Å²) >= 11 is 3.07. The summed E-state index contributed by atoms with van der Waals surface area (Å²) in [5, 5.41) is 4.67. The van der Waals surface area contributed by atoms with Crippen LogP contribution in [0.3, 0.4) is 0 Å². The Labute approximate surface area is 167 Å². The number of aryl methyl sites for hydroxylation is 2. The van der Waals surface area contributed by atoms with Crippen LogP contribution in [0.15, 0.2) is 9.95 Å². The van der Waals surface area contributed by atoms with E-state index in [9.17, 15) is 9.59 Å². The lowest BCUT2D eigenvalue weighted by Gasteiger charge is -2.22. The molecule has 1 saturated carbocycles. The summed E-state index contributed by atoms with van der Waals surface area (Å²) in [4.78, 5) is 32.5. The molecule has 4 rings (SSSR count). The van der Waals surface area contributed by atoms with Crippen LogP contribution in [0.1, 0.15) is 62.3 Å². The summed E-state index contributed by atoms with van der Waals surface area (Å²) in [6.07, 6.45) is 9.93. The zero-order valence-corrected chi connectivity index (χ0v) is 17.5. The summed E-state index contributed by atoms with van der Waals surface area (Å²) < 4.78 is 1.78. The fraction of sp³-hybridized carbons (Fsp3) is 0.650. The molecule has 1 fully saturated rings. The highest BCUT2D eigenvalue weighted by Crippen LogP contribution is 2.35. The number of amides is 1. The number of aromatic nitrogens is 2. The Bertz CT molecular complexity index is 897. The zero-order valence-electron chi connectivity index (χ0n) is 15.9. The van der Waals surface area contributed by atoms with E-state index < -0.39 is 0 Å². The molecule has 146 valence electrons. The van der Waals surface area contributed by atoms with Crippen molar-refractivity contribution in [2.24, 2.45) is 0 Å². The third-order valence-corrected chi connectivity index (χ3v) is 7.70. The Morgan fingerprint density at radius 2 is 2.07 bits per heavy atom. The first-order valence-electron chi connectivity index (χ1n) is 10.1. The molecule has 2 aromatic heterocycles. The highest BCUT2D eigenvalue weighted by atomic mass is 32.2. The van der Waals surface area contributed by atoms with Gasteiger partial charge in [0.05, 0.1) is 11.1 Å². The Morgan fingerprint density at radius 3 is 2.85 bits per heavy atom. The molecule has 27 heavy (non-hydrogen) atoms. The number of carbonyl (C=O) groups is 1. The van der Waals surface area contributed by atoms with Gasteiger partial charge in [0, 0.05) is 17.5 Å². The highest BCUT2D eigenvalue weighted by Gasteiger charge is 2.23. The molecule has 0 unspecified atom stereocenters. The van der Waals surface area contributed by atoms with Crippen LogP contribution in [-0.2, 0) is 24.2 Å². The van der Waals surface area contributed by atoms with Crippen LogP contribution in [0.25, 0.3) is 10.2 Å². The molecule has 1 amide bonds. The molecular weight excluding hydrogens is 378 g/mol. The predicted molar refractivity (Wildman–Crippen MR) is 112 cm³/mol. The minimum atomic E-state index is 0.0537. The molecule has 2 aliphatic carbocycles. The molecule has 0 aliphatic heterocycles. The zero-order chi connectivity index (χ0) is 18.8. The van der Waals surface area contributed by atoms with Gasteiger partial charge in [0.1, 0.15) is 4.83 Å². The van der Waals surface area contributed by atoms with Crippen LogP contribution in [0.4, 0.5) is 0 Å². The molecule has 2 aliphatic rings. The largest absolute Gasteiger partial charge is 0.353 e. The van der Waals surface area contributed by atoms with Gasteiger partial charge in [-0.3, -0.25) is 14.2 Å². The van der Waals surface area contributed by atoms with Gasteiger partial charge >= 0.3 is 0 Å². The Morgan fingerprint density at radius 1 is 1.26 bits per heavy atom. The molecular formula is C20H27N3O2S2. The van der Waals surface area contributed by atoms with E-state index >= 15 is 0 Å². The van der Waals surface area contributed by atoms with Crippen LogP contribution >= 0.6 is 23.1 Å². The summed E-state index contributed by atoms with van der Waals surface area (Å²) in [6, 6.07) is 0.320. The lowest BCUT2D eigenvalue weighted by Crippen LogP contribution is -2.37. The average Bonchev–Trinajstić information content (AvgIpc) is 3.24. The summed E-state index contributed by atoms with van der Waals surface area (Å²) in [5.41, 5.74) is 1.31. The van der Waals surface area contributed by atoms with Gasteiger partial charge in [-0.15, -0.1) is 11.3 Å². The van der Waals surface area contributed by atoms with Crippen molar-refractivity contribution in [1.82, 2.24) is 14.9 Å². The number of nitrogens with one attached hydrogen (secondary N) is 1. The van der Waals surface area contributed by atoms with Crippen molar-refractivity contribution in [2.45, 2.75) is 82.5 Å². The van der Waals surface area contributed by atoms with E-state index in [-0.39, 0.29) is 11.5 Å². The number of hydrogen-bond acceptors (Lipinski definition) is 5. The van der Waals surface area contributed by atoms with Gasteiger partial charge in [0.2, 0.25) is 5.91 Å². The number of thioether (sulfide) groups is 1. The first-order valence-corrected chi connectivity index (χ1v) is 11.9. The van der Waals surface area contributed by atoms with E-state index in [0.29, 0.717) is 23.5 Å². The van der Waals surface area contributed by atoms with Gasteiger partial charge in [0.15, 0.2) is 5.16 Å². The minimum Gasteiger partial charge on any atom is -0.353 e. The van der Waals surface area contributed by atoms with Gasteiger partial charge in [-0.25, -0.2) is 4.98 Å². The number of fused-ring (bicyclic) bond motifs is 3. The summed E-state index contributed by atoms with van der Waals surface area (Å²) in [7, 11) is 0. The normalized spacial score (nSPS) is 17.4. The number of rotatable bonds is 6. The summed E-state index contributed by atoms with van der Waals surface area (Å²) in [5.74, 6) is 0.376. The number of carbonyl (C=O) groups excluding carboxylic acids is 1. The third-order valence-electron chi connectivity index (χ3n) is 5.54. The van der Waals surface area contributed by atoms with Crippen LogP contribution < -0.4 is 10.9 Å². The van der Waals surface area contributed by atoms with E-state index in [0.717, 1.165) is 48.7 Å². The molecule has 5 nitrogen and oxygen atoms in total. The standard InChI is InChI=1S/C20H27N3O2S2/c1-2-11-23-19(25)17-14-9-6-10-15(14)27-18(17)22-20(23)26-12-16(24)21-13-7-4-3-5-8-13/h13H,2-12H2,1H3,(H,21,24). The van der Waals surface area contributed by atoms with Gasteiger partial charge in [-0.2, -0.15) is 0 Å². The Balaban J connectivity index is 1.54. The fourth-order valence-electron chi connectivity index (χ4n) is 4.24. The number of nitrogens with zero attached hydrogens (tertiary/aromatic N) is 2. The van der Waals surface area contributed by atoms with Crippen molar-refractivity contribution < 1.29 is 4.79 Å². The Kier molecular flexibility index (Phi) is 5.88. The SMILES string of the molecule is CCCn1c(SCC(=O)NC2CCCCC2)nc2sc3c(c2c1=O)CCC3. The second-order valence-electron chi connectivity index (χ2n) is 7.58. The molecule has 0 saturated heterocycles. The van der Waals surface area contributed by atoms with Crippen molar-refractivity contribution in [3.05, 3.63) is 20.8 Å². The van der Waals surface area contributed by atoms with Gasteiger partial charge in [0.25, 0.3) is 5.56 Å². The molecule has 0 aromatic carbocycles. The van der Waals surface area contributed by atoms with Gasteiger partial charge < -0.3 is 5.32 Å². The van der Waals surface area contributed by atoms with Crippen LogP contribution in [-0.4, -0.2) is 27.3 Å². The van der Waals surface area contributed by atoms with E-state index in [1.54, 1.807) is 15.9 Å². The van der Waals surface area contributed by atoms with Crippen molar-refractivity contribution in [1.29, 1.82) is 0 Å². The first-order chi connectivity index (χ1) is 13.2. The van der Waals surface area contributed by atoms with Crippen molar-refractivity contribution in [2.75, 3.05) is 5.75 Å². The van der Waals surface area contributed by atoms with Crippen molar-refractivity contribution in [3.8, 4) is 0 Å². The second-order valence-corrected chi connectivity index (χ2v) is 9.61. The maximum atomic E-state index is 13.1. The maximum absolute atomic E-state index is 13.1. The molecule has 2 heterocycles. The van der Waals surface area contributed by atoms with Gasteiger partial charge in [-0.05, 0) is 44.1 Å². The monoisotopic (exact) mass is 405 g/mol. The summed E-state index contributed by atoms with van der Waals surface area (Å²) in [6.45, 7) is 2.72. The quantitative estimate of drug-likeness (QED) is 0.585. The maximum Gasteiger partial charge on any atom is 0.263 e. The molecule has 0 spiro atoms. The molecule has 7 heteroatoms.